The van der Waals surface area contributed by atoms with Crippen molar-refractivity contribution in [3.05, 3.63) is 59.5 Å². The average Bonchev–Trinajstić information content (AvgIpc) is 2.93. The minimum absolute atomic E-state index is 0.134. The van der Waals surface area contributed by atoms with Crippen LogP contribution in [0.2, 0.25) is 0 Å². The van der Waals surface area contributed by atoms with Gasteiger partial charge < -0.3 is 5.11 Å². The van der Waals surface area contributed by atoms with Crippen LogP contribution in [-0.2, 0) is 12.4 Å². The van der Waals surface area contributed by atoms with E-state index in [2.05, 4.69) is 4.98 Å². The number of benzene rings is 1. The normalized spacial score (nSPS) is 12.5. The van der Waals surface area contributed by atoms with Gasteiger partial charge in [0.1, 0.15) is 0 Å². The van der Waals surface area contributed by atoms with Crippen LogP contribution >= 0.6 is 0 Å². The Bertz CT molecular complexity index is 990. The number of hydrogen-bond acceptors (Lipinski definition) is 2. The SMILES string of the molecule is O=C(O)c1nc2c(C(F)(F)F)cc(-c3ccccc3)cn2c1C(F)(F)F. The van der Waals surface area contributed by atoms with Crippen LogP contribution in [0.1, 0.15) is 21.7 Å². The highest BCUT2D eigenvalue weighted by Gasteiger charge is 2.43. The largest absolute Gasteiger partial charge is 0.476 e. The zero-order chi connectivity index (χ0) is 19.3. The minimum Gasteiger partial charge on any atom is -0.476 e. The second-order valence-electron chi connectivity index (χ2n) is 5.31. The van der Waals surface area contributed by atoms with E-state index in [-0.39, 0.29) is 15.5 Å². The average molecular weight is 374 g/mol. The molecule has 26 heavy (non-hydrogen) atoms. The van der Waals surface area contributed by atoms with E-state index in [1.165, 1.54) is 24.3 Å². The number of nitrogens with zero attached hydrogens (tertiary/aromatic N) is 2. The molecule has 10 heteroatoms. The molecule has 3 rings (SSSR count). The first-order valence-corrected chi connectivity index (χ1v) is 6.99. The van der Waals surface area contributed by atoms with Crippen molar-refractivity contribution in [1.82, 2.24) is 9.38 Å². The van der Waals surface area contributed by atoms with Crippen LogP contribution in [-0.4, -0.2) is 20.5 Å². The Labute approximate surface area is 141 Å². The molecule has 4 nitrogen and oxygen atoms in total. The molecular weight excluding hydrogens is 366 g/mol. The number of carbonyl (C=O) groups is 1. The molecular formula is C16H8F6N2O2. The summed E-state index contributed by atoms with van der Waals surface area (Å²) in [6.45, 7) is 0. The summed E-state index contributed by atoms with van der Waals surface area (Å²) in [5.74, 6) is -2.07. The lowest BCUT2D eigenvalue weighted by Crippen LogP contribution is -2.15. The first kappa shape index (κ1) is 17.8. The molecule has 2 heterocycles. The van der Waals surface area contributed by atoms with Gasteiger partial charge >= 0.3 is 18.3 Å². The Morgan fingerprint density at radius 1 is 0.962 bits per heavy atom. The van der Waals surface area contributed by atoms with Crippen LogP contribution < -0.4 is 0 Å². The van der Waals surface area contributed by atoms with E-state index in [9.17, 15) is 31.1 Å². The monoisotopic (exact) mass is 374 g/mol. The summed E-state index contributed by atoms with van der Waals surface area (Å²) >= 11 is 0. The molecule has 0 fully saturated rings. The molecule has 0 saturated heterocycles. The summed E-state index contributed by atoms with van der Waals surface area (Å²) in [7, 11) is 0. The molecule has 136 valence electrons. The lowest BCUT2D eigenvalue weighted by molar-refractivity contribution is -0.143. The Morgan fingerprint density at radius 2 is 1.58 bits per heavy atom. The summed E-state index contributed by atoms with van der Waals surface area (Å²) in [4.78, 5) is 14.2. The van der Waals surface area contributed by atoms with Crippen molar-refractivity contribution in [2.45, 2.75) is 12.4 Å². The van der Waals surface area contributed by atoms with Crippen LogP contribution in [0.3, 0.4) is 0 Å². The summed E-state index contributed by atoms with van der Waals surface area (Å²) in [6.07, 6.45) is -9.45. The Balaban J connectivity index is 2.47. The molecule has 0 amide bonds. The topological polar surface area (TPSA) is 54.6 Å². The van der Waals surface area contributed by atoms with Crippen LogP contribution in [0.15, 0.2) is 42.6 Å². The van der Waals surface area contributed by atoms with Crippen molar-refractivity contribution in [2.75, 3.05) is 0 Å². The molecule has 3 aromatic rings. The van der Waals surface area contributed by atoms with Crippen LogP contribution in [0.4, 0.5) is 26.3 Å². The number of alkyl halides is 6. The van der Waals surface area contributed by atoms with Crippen LogP contribution in [0, 0.1) is 0 Å². The van der Waals surface area contributed by atoms with Crippen LogP contribution in [0.5, 0.6) is 0 Å². The molecule has 0 bridgehead atoms. The molecule has 0 spiro atoms. The van der Waals surface area contributed by atoms with Crippen molar-refractivity contribution >= 4 is 11.6 Å². The molecule has 0 aliphatic rings. The zero-order valence-corrected chi connectivity index (χ0v) is 12.6. The molecule has 0 saturated carbocycles. The molecule has 0 atom stereocenters. The molecule has 2 aromatic heterocycles. The summed E-state index contributed by atoms with van der Waals surface area (Å²) in [5, 5.41) is 8.95. The standard InChI is InChI=1S/C16H8F6N2O2/c17-15(18,19)10-6-9(8-4-2-1-3-5-8)7-24-12(16(20,21)22)11(14(25)26)23-13(10)24/h1-7H,(H,25,26). The van der Waals surface area contributed by atoms with Gasteiger partial charge in [-0.1, -0.05) is 30.3 Å². The van der Waals surface area contributed by atoms with Gasteiger partial charge in [0.2, 0.25) is 0 Å². The minimum atomic E-state index is -5.22. The lowest BCUT2D eigenvalue weighted by atomic mass is 10.1. The number of carboxylic acid groups (broad SMARTS) is 1. The fraction of sp³-hybridized carbons (Fsp3) is 0.125. The van der Waals surface area contributed by atoms with E-state index in [4.69, 9.17) is 5.11 Å². The Morgan fingerprint density at radius 3 is 2.08 bits per heavy atom. The molecule has 0 aliphatic heterocycles. The number of halogens is 6. The summed E-state index contributed by atoms with van der Waals surface area (Å²) < 4.78 is 80.2. The van der Waals surface area contributed by atoms with E-state index in [0.717, 1.165) is 6.20 Å². The van der Waals surface area contributed by atoms with E-state index >= 15 is 0 Å². The van der Waals surface area contributed by atoms with Crippen LogP contribution in [0.25, 0.3) is 16.8 Å². The third-order valence-corrected chi connectivity index (χ3v) is 3.60. The predicted octanol–water partition coefficient (Wildman–Crippen LogP) is 4.74. The third kappa shape index (κ3) is 2.98. The Kier molecular flexibility index (Phi) is 3.93. The summed E-state index contributed by atoms with van der Waals surface area (Å²) in [5.41, 5.74) is -5.78. The van der Waals surface area contributed by atoms with Gasteiger partial charge in [0.05, 0.1) is 5.56 Å². The van der Waals surface area contributed by atoms with Gasteiger partial charge in [-0.25, -0.2) is 9.78 Å². The molecule has 0 unspecified atom stereocenters. The van der Waals surface area contributed by atoms with Gasteiger partial charge in [0.25, 0.3) is 0 Å². The van der Waals surface area contributed by atoms with Gasteiger partial charge in [-0.05, 0) is 17.2 Å². The fourth-order valence-electron chi connectivity index (χ4n) is 2.56. The lowest BCUT2D eigenvalue weighted by Gasteiger charge is -2.13. The van der Waals surface area contributed by atoms with Crippen molar-refractivity contribution in [1.29, 1.82) is 0 Å². The second-order valence-corrected chi connectivity index (χ2v) is 5.31. The second kappa shape index (κ2) is 5.75. The number of aromatic nitrogens is 2. The van der Waals surface area contributed by atoms with Gasteiger partial charge in [0.15, 0.2) is 17.0 Å². The highest BCUT2D eigenvalue weighted by Crippen LogP contribution is 2.39. The number of fused-ring (bicyclic) bond motifs is 1. The predicted molar refractivity (Wildman–Crippen MR) is 77.6 cm³/mol. The van der Waals surface area contributed by atoms with Gasteiger partial charge in [-0.15, -0.1) is 0 Å². The fourth-order valence-corrected chi connectivity index (χ4v) is 2.56. The number of aromatic carboxylic acids is 1. The number of pyridine rings is 1. The van der Waals surface area contributed by atoms with Crippen molar-refractivity contribution in [3.8, 4) is 11.1 Å². The van der Waals surface area contributed by atoms with Crippen molar-refractivity contribution < 1.29 is 36.2 Å². The molecule has 0 radical (unpaired) electrons. The van der Waals surface area contributed by atoms with E-state index in [1.807, 2.05) is 0 Å². The van der Waals surface area contributed by atoms with E-state index in [1.54, 1.807) is 6.07 Å². The number of rotatable bonds is 2. The smallest absolute Gasteiger partial charge is 0.434 e. The number of carboxylic acids is 1. The highest BCUT2D eigenvalue weighted by atomic mass is 19.4. The number of hydrogen-bond donors (Lipinski definition) is 1. The first-order chi connectivity index (χ1) is 12.0. The maximum absolute atomic E-state index is 13.4. The van der Waals surface area contributed by atoms with E-state index < -0.39 is 40.9 Å². The van der Waals surface area contributed by atoms with Gasteiger partial charge in [-0.2, -0.15) is 26.3 Å². The zero-order valence-electron chi connectivity index (χ0n) is 12.6. The molecule has 1 aromatic carbocycles. The van der Waals surface area contributed by atoms with Crippen molar-refractivity contribution in [3.63, 3.8) is 0 Å². The maximum Gasteiger partial charge on any atom is 0.434 e. The first-order valence-electron chi connectivity index (χ1n) is 6.99. The molecule has 0 aliphatic carbocycles. The highest BCUT2D eigenvalue weighted by molar-refractivity contribution is 5.88. The number of imidazole rings is 1. The van der Waals surface area contributed by atoms with Gasteiger partial charge in [-0.3, -0.25) is 4.40 Å². The quantitative estimate of drug-likeness (QED) is 0.660. The summed E-state index contributed by atoms with van der Waals surface area (Å²) in [6, 6.07) is 8.09. The van der Waals surface area contributed by atoms with E-state index in [0.29, 0.717) is 6.07 Å². The van der Waals surface area contributed by atoms with Crippen molar-refractivity contribution in [2.24, 2.45) is 0 Å². The van der Waals surface area contributed by atoms with Gasteiger partial charge in [0, 0.05) is 6.20 Å². The molecule has 1 N–H and O–H groups in total. The Hall–Kier alpha value is -3.04. The maximum atomic E-state index is 13.4. The third-order valence-electron chi connectivity index (χ3n) is 3.60.